The molecule has 0 radical (unpaired) electrons. The summed E-state index contributed by atoms with van der Waals surface area (Å²) in [5.74, 6) is -1.11. The van der Waals surface area contributed by atoms with E-state index in [4.69, 9.17) is 4.43 Å². The molecule has 10 heteroatoms. The van der Waals surface area contributed by atoms with Crippen LogP contribution in [0.2, 0.25) is 19.6 Å². The van der Waals surface area contributed by atoms with Crippen molar-refractivity contribution >= 4 is 53.2 Å². The lowest BCUT2D eigenvalue weighted by atomic mass is 10.0. The van der Waals surface area contributed by atoms with Crippen molar-refractivity contribution in [3.05, 3.63) is 47.2 Å². The number of amides is 2. The lowest BCUT2D eigenvalue weighted by molar-refractivity contribution is -0.150. The van der Waals surface area contributed by atoms with Gasteiger partial charge in [-0.2, -0.15) is 0 Å². The van der Waals surface area contributed by atoms with Crippen molar-refractivity contribution in [3.8, 4) is 0 Å². The van der Waals surface area contributed by atoms with Gasteiger partial charge in [0.25, 0.3) is 5.91 Å². The van der Waals surface area contributed by atoms with Crippen LogP contribution in [0.15, 0.2) is 41.6 Å². The van der Waals surface area contributed by atoms with Gasteiger partial charge in [0.1, 0.15) is 11.4 Å². The Morgan fingerprint density at radius 3 is 2.57 bits per heavy atom. The Bertz CT molecular complexity index is 874. The van der Waals surface area contributed by atoms with Crippen LogP contribution in [0.3, 0.4) is 0 Å². The Hall–Kier alpha value is -1.62. The molecular weight excluding hydrogens is 488 g/mol. The Labute approximate surface area is 188 Å². The second-order valence-electron chi connectivity index (χ2n) is 8.22. The summed E-state index contributed by atoms with van der Waals surface area (Å²) in [7, 11) is -2.19. The predicted octanol–water partition coefficient (Wildman–Crippen LogP) is 2.06. The number of nitrogens with zero attached hydrogens (tertiary/aromatic N) is 1. The van der Waals surface area contributed by atoms with Gasteiger partial charge < -0.3 is 14.3 Å². The van der Waals surface area contributed by atoms with E-state index in [0.29, 0.717) is 17.3 Å². The molecule has 1 fully saturated rings. The highest BCUT2D eigenvalue weighted by Crippen LogP contribution is 2.38. The minimum absolute atomic E-state index is 0.124. The number of hydrogen-bond donors (Lipinski definition) is 1. The van der Waals surface area contributed by atoms with Crippen LogP contribution in [0.5, 0.6) is 0 Å². The smallest absolute Gasteiger partial charge is 0.342 e. The molecule has 2 aliphatic rings. The van der Waals surface area contributed by atoms with E-state index in [2.05, 4.69) is 21.2 Å². The van der Waals surface area contributed by atoms with Crippen molar-refractivity contribution in [2.75, 3.05) is 11.1 Å². The molecule has 3 atom stereocenters. The van der Waals surface area contributed by atoms with Crippen molar-refractivity contribution in [1.82, 2.24) is 10.2 Å². The first kappa shape index (κ1) is 23.0. The van der Waals surface area contributed by atoms with Crippen molar-refractivity contribution in [3.63, 3.8) is 0 Å². The molecular formula is C20H25BrN2O5SSi. The van der Waals surface area contributed by atoms with E-state index in [9.17, 15) is 18.9 Å². The van der Waals surface area contributed by atoms with Crippen LogP contribution in [-0.2, 0) is 36.4 Å². The van der Waals surface area contributed by atoms with Gasteiger partial charge in [-0.3, -0.25) is 14.5 Å². The molecule has 1 saturated heterocycles. The van der Waals surface area contributed by atoms with E-state index in [0.717, 1.165) is 5.56 Å². The third-order valence-electron chi connectivity index (χ3n) is 4.72. The van der Waals surface area contributed by atoms with Gasteiger partial charge in [-0.05, 0) is 42.8 Å². The molecule has 0 aromatic heterocycles. The number of nitrogens with one attached hydrogen (secondary N) is 1. The molecule has 2 aliphatic heterocycles. The van der Waals surface area contributed by atoms with E-state index < -0.39 is 42.8 Å². The monoisotopic (exact) mass is 512 g/mol. The summed E-state index contributed by atoms with van der Waals surface area (Å²) >= 11 is 1.93. The molecule has 2 unspecified atom stereocenters. The molecule has 1 aromatic rings. The summed E-state index contributed by atoms with van der Waals surface area (Å²) in [5.41, 5.74) is 1.66. The second-order valence-corrected chi connectivity index (χ2v) is 15.0. The van der Waals surface area contributed by atoms with Gasteiger partial charge in [0, 0.05) is 10.9 Å². The first-order chi connectivity index (χ1) is 14.1. The van der Waals surface area contributed by atoms with Gasteiger partial charge in [-0.25, -0.2) is 4.79 Å². The van der Waals surface area contributed by atoms with Gasteiger partial charge in [-0.1, -0.05) is 46.3 Å². The number of carbonyl (C=O) groups excluding carboxylic acids is 3. The topological polar surface area (TPSA) is 98.8 Å². The summed E-state index contributed by atoms with van der Waals surface area (Å²) in [6.07, 6.45) is 0.614. The number of β-lactam (4-membered cyclic amide) rings is 1. The van der Waals surface area contributed by atoms with Crippen molar-refractivity contribution in [2.45, 2.75) is 43.9 Å². The molecule has 2 amide bonds. The summed E-state index contributed by atoms with van der Waals surface area (Å²) in [6.45, 7) is 5.66. The van der Waals surface area contributed by atoms with Crippen LogP contribution in [0.25, 0.3) is 0 Å². The average molecular weight is 513 g/mol. The maximum atomic E-state index is 12.9. The Balaban J connectivity index is 1.79. The van der Waals surface area contributed by atoms with Crippen LogP contribution in [0.1, 0.15) is 12.0 Å². The van der Waals surface area contributed by atoms with Crippen LogP contribution in [0.4, 0.5) is 0 Å². The van der Waals surface area contributed by atoms with E-state index in [-0.39, 0.29) is 23.8 Å². The molecule has 0 saturated carbocycles. The van der Waals surface area contributed by atoms with E-state index in [1.807, 2.05) is 50.0 Å². The van der Waals surface area contributed by atoms with Crippen LogP contribution < -0.4 is 5.32 Å². The fourth-order valence-corrected chi connectivity index (χ4v) is 6.34. The third-order valence-corrected chi connectivity index (χ3v) is 7.57. The minimum Gasteiger partial charge on any atom is -0.614 e. The number of alkyl halides is 1. The minimum atomic E-state index is -2.19. The average Bonchev–Trinajstić information content (AvgIpc) is 2.65. The molecule has 0 bridgehead atoms. The lowest BCUT2D eigenvalue weighted by Gasteiger charge is -2.49. The van der Waals surface area contributed by atoms with Gasteiger partial charge in [0.2, 0.25) is 19.6 Å². The van der Waals surface area contributed by atoms with E-state index in [1.165, 1.54) is 4.90 Å². The van der Waals surface area contributed by atoms with Gasteiger partial charge in [0.05, 0.1) is 6.42 Å². The largest absolute Gasteiger partial charge is 0.614 e. The molecule has 162 valence electrons. The third kappa shape index (κ3) is 4.98. The highest BCUT2D eigenvalue weighted by atomic mass is 79.9. The molecule has 0 spiro atoms. The quantitative estimate of drug-likeness (QED) is 0.261. The fraction of sp³-hybridized carbons (Fsp3) is 0.450. The van der Waals surface area contributed by atoms with Crippen LogP contribution in [-0.4, -0.2) is 58.1 Å². The summed E-state index contributed by atoms with van der Waals surface area (Å²) in [5, 5.41) is 2.53. The zero-order chi connectivity index (χ0) is 22.1. The van der Waals surface area contributed by atoms with Crippen LogP contribution >= 0.6 is 15.9 Å². The molecule has 0 aliphatic carbocycles. The molecule has 30 heavy (non-hydrogen) atoms. The number of fused-ring (bicyclic) bond motifs is 1. The zero-order valence-corrected chi connectivity index (χ0v) is 20.5. The van der Waals surface area contributed by atoms with E-state index in [1.54, 1.807) is 0 Å². The summed E-state index contributed by atoms with van der Waals surface area (Å²) in [4.78, 5) is 39.5. The molecule has 3 rings (SSSR count). The first-order valence-corrected chi connectivity index (χ1v) is 15.6. The first-order valence-electron chi connectivity index (χ1n) is 9.67. The van der Waals surface area contributed by atoms with Crippen LogP contribution in [0, 0.1) is 0 Å². The second kappa shape index (κ2) is 9.25. The number of rotatable bonds is 7. The van der Waals surface area contributed by atoms with Gasteiger partial charge >= 0.3 is 5.97 Å². The summed E-state index contributed by atoms with van der Waals surface area (Å²) in [6, 6.07) is 8.28. The van der Waals surface area contributed by atoms with Crippen molar-refractivity contribution in [2.24, 2.45) is 0 Å². The Morgan fingerprint density at radius 1 is 1.30 bits per heavy atom. The highest BCUT2D eigenvalue weighted by Gasteiger charge is 2.61. The number of halogens is 1. The maximum Gasteiger partial charge on any atom is 0.342 e. The van der Waals surface area contributed by atoms with E-state index >= 15 is 0 Å². The SMILES string of the molecule is C[Si](C)(C)OC(=O)C1=C(CCBr)C[S+]([O-])[C@H]2C(NC(=O)Cc3ccccc3)C(=O)N12. The maximum absolute atomic E-state index is 12.9. The Morgan fingerprint density at radius 2 is 1.97 bits per heavy atom. The fourth-order valence-electron chi connectivity index (χ4n) is 3.48. The number of carbonyl (C=O) groups is 3. The van der Waals surface area contributed by atoms with Crippen molar-refractivity contribution < 1.29 is 23.4 Å². The van der Waals surface area contributed by atoms with Crippen molar-refractivity contribution in [1.29, 1.82) is 0 Å². The number of benzene rings is 1. The highest BCUT2D eigenvalue weighted by molar-refractivity contribution is 9.09. The normalized spacial score (nSPS) is 23.6. The predicted molar refractivity (Wildman–Crippen MR) is 121 cm³/mol. The molecule has 1 aromatic carbocycles. The molecule has 7 nitrogen and oxygen atoms in total. The zero-order valence-electron chi connectivity index (χ0n) is 17.1. The standard InChI is InChI=1S/C20H25BrN2O5SSi/c1-30(2,3)28-20(26)17-14(9-10-21)12-29(27)19-16(18(25)23(17)19)22-15(24)11-13-7-5-4-6-8-13/h4-8,16,19H,9-12H2,1-3H3,(H,22,24)/t16?,19-,29?/m0/s1. The lowest BCUT2D eigenvalue weighted by Crippen LogP contribution is -2.75. The van der Waals surface area contributed by atoms with Gasteiger partial charge in [-0.15, -0.1) is 0 Å². The number of hydrogen-bond acceptors (Lipinski definition) is 5. The molecule has 1 N–H and O–H groups in total. The molecule has 2 heterocycles. The summed E-state index contributed by atoms with van der Waals surface area (Å²) < 4.78 is 18.5. The van der Waals surface area contributed by atoms with Gasteiger partial charge in [0.15, 0.2) is 6.04 Å². The Kier molecular flexibility index (Phi) is 7.11.